The van der Waals surface area contributed by atoms with Gasteiger partial charge in [0.15, 0.2) is 6.10 Å². The Morgan fingerprint density at radius 3 is 2.27 bits per heavy atom. The Hall–Kier alpha value is -4.00. The van der Waals surface area contributed by atoms with E-state index < -0.39 is 23.9 Å². The van der Waals surface area contributed by atoms with Gasteiger partial charge in [0.1, 0.15) is 5.69 Å². The van der Waals surface area contributed by atoms with Crippen molar-refractivity contribution in [2.45, 2.75) is 13.0 Å². The van der Waals surface area contributed by atoms with Crippen LogP contribution in [0.1, 0.15) is 27.8 Å². The van der Waals surface area contributed by atoms with E-state index in [9.17, 15) is 14.4 Å². The summed E-state index contributed by atoms with van der Waals surface area (Å²) in [5.41, 5.74) is 2.60. The average Bonchev–Trinajstić information content (AvgIpc) is 2.79. The monoisotopic (exact) mass is 404 g/mol. The number of amides is 1. The Bertz CT molecular complexity index is 1050. The Kier molecular flexibility index (Phi) is 6.54. The maximum absolute atomic E-state index is 12.6. The molecule has 1 heterocycles. The number of rotatable bonds is 6. The maximum atomic E-state index is 12.6. The minimum Gasteiger partial charge on any atom is -0.465 e. The zero-order valence-corrected chi connectivity index (χ0v) is 16.5. The minimum atomic E-state index is -1.05. The van der Waals surface area contributed by atoms with Crippen molar-refractivity contribution in [1.29, 1.82) is 0 Å². The summed E-state index contributed by atoms with van der Waals surface area (Å²) in [6, 6.07) is 19.7. The lowest BCUT2D eigenvalue weighted by molar-refractivity contribution is -0.123. The molecule has 0 saturated carbocycles. The molecule has 0 bridgehead atoms. The minimum absolute atomic E-state index is 0.0213. The lowest BCUT2D eigenvalue weighted by Crippen LogP contribution is -2.30. The van der Waals surface area contributed by atoms with Gasteiger partial charge in [0.25, 0.3) is 5.91 Å². The normalized spacial score (nSPS) is 11.3. The zero-order chi connectivity index (χ0) is 21.5. The number of nitrogens with zero attached hydrogens (tertiary/aromatic N) is 1. The van der Waals surface area contributed by atoms with Crippen LogP contribution in [0.5, 0.6) is 0 Å². The van der Waals surface area contributed by atoms with Gasteiger partial charge in [-0.25, -0.2) is 14.6 Å². The van der Waals surface area contributed by atoms with Crippen LogP contribution in [-0.2, 0) is 14.3 Å². The molecule has 0 radical (unpaired) electrons. The van der Waals surface area contributed by atoms with E-state index in [1.54, 1.807) is 6.07 Å². The smallest absolute Gasteiger partial charge is 0.357 e. The van der Waals surface area contributed by atoms with Crippen molar-refractivity contribution in [3.63, 3.8) is 0 Å². The molecule has 7 heteroatoms. The third-order valence-corrected chi connectivity index (χ3v) is 4.32. The molecule has 0 aliphatic heterocycles. The average molecular weight is 404 g/mol. The van der Waals surface area contributed by atoms with Crippen LogP contribution in [0.25, 0.3) is 11.1 Å². The number of esters is 2. The van der Waals surface area contributed by atoms with Gasteiger partial charge in [-0.2, -0.15) is 0 Å². The van der Waals surface area contributed by atoms with Crippen LogP contribution in [0.2, 0.25) is 0 Å². The fourth-order valence-corrected chi connectivity index (χ4v) is 2.72. The molecule has 1 unspecified atom stereocenters. The number of ether oxygens (including phenoxy) is 2. The van der Waals surface area contributed by atoms with Crippen LogP contribution in [0.15, 0.2) is 72.9 Å². The van der Waals surface area contributed by atoms with E-state index in [1.807, 2.05) is 48.5 Å². The number of aromatic nitrogens is 1. The molecular weight excluding hydrogens is 384 g/mol. The van der Waals surface area contributed by atoms with Crippen molar-refractivity contribution >= 4 is 23.5 Å². The molecule has 1 N–H and O–H groups in total. The van der Waals surface area contributed by atoms with Crippen LogP contribution in [-0.4, -0.2) is 36.0 Å². The van der Waals surface area contributed by atoms with Gasteiger partial charge in [-0.1, -0.05) is 48.5 Å². The molecule has 1 aromatic heterocycles. The van der Waals surface area contributed by atoms with Crippen molar-refractivity contribution in [2.75, 3.05) is 12.4 Å². The highest BCUT2D eigenvalue weighted by Crippen LogP contribution is 2.27. The topological polar surface area (TPSA) is 94.6 Å². The highest BCUT2D eigenvalue weighted by atomic mass is 16.5. The second kappa shape index (κ2) is 9.47. The van der Waals surface area contributed by atoms with Crippen LogP contribution < -0.4 is 5.32 Å². The summed E-state index contributed by atoms with van der Waals surface area (Å²) in [5, 5.41) is 2.80. The third kappa shape index (κ3) is 4.88. The highest BCUT2D eigenvalue weighted by Gasteiger charge is 2.21. The molecule has 152 valence electrons. The quantitative estimate of drug-likeness (QED) is 0.629. The first-order chi connectivity index (χ1) is 14.5. The Labute approximate surface area is 173 Å². The van der Waals surface area contributed by atoms with Crippen molar-refractivity contribution < 1.29 is 23.9 Å². The predicted octanol–water partition coefficient (Wildman–Crippen LogP) is 3.72. The number of nitrogens with one attached hydrogen (secondary N) is 1. The molecule has 0 aliphatic rings. The van der Waals surface area contributed by atoms with E-state index in [2.05, 4.69) is 15.0 Å². The number of carbonyl (C=O) groups excluding carboxylic acids is 3. The van der Waals surface area contributed by atoms with Gasteiger partial charge in [-0.15, -0.1) is 0 Å². The molecule has 3 rings (SSSR count). The number of carbonyl (C=O) groups is 3. The number of methoxy groups -OCH3 is 1. The van der Waals surface area contributed by atoms with E-state index in [4.69, 9.17) is 4.74 Å². The largest absolute Gasteiger partial charge is 0.465 e. The first-order valence-electron chi connectivity index (χ1n) is 9.20. The van der Waals surface area contributed by atoms with E-state index in [0.717, 1.165) is 11.1 Å². The molecule has 0 aliphatic carbocycles. The lowest BCUT2D eigenvalue weighted by atomic mass is 10.0. The first-order valence-corrected chi connectivity index (χ1v) is 9.20. The molecule has 1 amide bonds. The lowest BCUT2D eigenvalue weighted by Gasteiger charge is -2.15. The molecule has 0 spiro atoms. The molecule has 2 aromatic carbocycles. The van der Waals surface area contributed by atoms with Gasteiger partial charge in [0.2, 0.25) is 0 Å². The van der Waals surface area contributed by atoms with Gasteiger partial charge in [0.05, 0.1) is 12.7 Å². The predicted molar refractivity (Wildman–Crippen MR) is 111 cm³/mol. The van der Waals surface area contributed by atoms with Crippen LogP contribution in [0.4, 0.5) is 5.69 Å². The van der Waals surface area contributed by atoms with Crippen LogP contribution in [0.3, 0.4) is 0 Å². The van der Waals surface area contributed by atoms with Gasteiger partial charge >= 0.3 is 11.9 Å². The number of pyridine rings is 1. The molecule has 1 atom stereocenters. The summed E-state index contributed by atoms with van der Waals surface area (Å²) < 4.78 is 9.80. The molecule has 7 nitrogen and oxygen atoms in total. The van der Waals surface area contributed by atoms with Gasteiger partial charge < -0.3 is 14.8 Å². The standard InChI is InChI=1S/C23H20N2O5/c1-15(30-23(28)20-13-12-17(14-24-20)22(27)29-2)21(26)25-19-11-7-6-10-18(19)16-8-4-3-5-9-16/h3-15H,1-2H3,(H,25,26). The molecule has 30 heavy (non-hydrogen) atoms. The highest BCUT2D eigenvalue weighted by molar-refractivity contribution is 5.99. The maximum Gasteiger partial charge on any atom is 0.357 e. The van der Waals surface area contributed by atoms with E-state index in [-0.39, 0.29) is 11.3 Å². The number of benzene rings is 2. The Morgan fingerprint density at radius 1 is 0.900 bits per heavy atom. The van der Waals surface area contributed by atoms with E-state index >= 15 is 0 Å². The third-order valence-electron chi connectivity index (χ3n) is 4.32. The summed E-state index contributed by atoms with van der Waals surface area (Å²) in [4.78, 5) is 40.2. The molecule has 0 fully saturated rings. The van der Waals surface area contributed by atoms with Gasteiger partial charge in [-0.3, -0.25) is 4.79 Å². The summed E-state index contributed by atoms with van der Waals surface area (Å²) in [7, 11) is 1.25. The summed E-state index contributed by atoms with van der Waals surface area (Å²) in [5.74, 6) is -1.81. The SMILES string of the molecule is COC(=O)c1ccc(C(=O)OC(C)C(=O)Nc2ccccc2-c2ccccc2)nc1. The molecule has 0 saturated heterocycles. The summed E-state index contributed by atoms with van der Waals surface area (Å²) in [6.07, 6.45) is 0.159. The van der Waals surface area contributed by atoms with Crippen molar-refractivity contribution in [2.24, 2.45) is 0 Å². The first kappa shape index (κ1) is 20.7. The van der Waals surface area contributed by atoms with Crippen molar-refractivity contribution in [3.05, 3.63) is 84.2 Å². The van der Waals surface area contributed by atoms with Crippen LogP contribution >= 0.6 is 0 Å². The van der Waals surface area contributed by atoms with Gasteiger partial charge in [0, 0.05) is 17.4 Å². The van der Waals surface area contributed by atoms with Crippen LogP contribution in [0, 0.1) is 0 Å². The summed E-state index contributed by atoms with van der Waals surface area (Å²) >= 11 is 0. The van der Waals surface area contributed by atoms with Gasteiger partial charge in [-0.05, 0) is 30.7 Å². The fourth-order valence-electron chi connectivity index (χ4n) is 2.72. The molecular formula is C23H20N2O5. The number of hydrogen-bond donors (Lipinski definition) is 1. The number of anilines is 1. The zero-order valence-electron chi connectivity index (χ0n) is 16.5. The second-order valence-electron chi connectivity index (χ2n) is 6.37. The Balaban J connectivity index is 1.67. The number of para-hydroxylation sites is 1. The van der Waals surface area contributed by atoms with E-state index in [0.29, 0.717) is 5.69 Å². The number of hydrogen-bond acceptors (Lipinski definition) is 6. The van der Waals surface area contributed by atoms with Crippen molar-refractivity contribution in [1.82, 2.24) is 4.98 Å². The summed E-state index contributed by atoms with van der Waals surface area (Å²) in [6.45, 7) is 1.47. The van der Waals surface area contributed by atoms with Crippen molar-refractivity contribution in [3.8, 4) is 11.1 Å². The molecule has 3 aromatic rings. The van der Waals surface area contributed by atoms with E-state index in [1.165, 1.54) is 32.4 Å². The second-order valence-corrected chi connectivity index (χ2v) is 6.37. The Morgan fingerprint density at radius 2 is 1.60 bits per heavy atom. The fraction of sp³-hybridized carbons (Fsp3) is 0.130.